The highest BCUT2D eigenvalue weighted by atomic mass is 15.0. The van der Waals surface area contributed by atoms with Crippen molar-refractivity contribution >= 4 is 0 Å². The molecule has 1 heterocycles. The first-order valence-corrected chi connectivity index (χ1v) is 9.06. The maximum atomic E-state index is 3.97. The first kappa shape index (κ1) is 16.3. The molecular formula is C18H36N2. The number of rotatable bonds is 6. The van der Waals surface area contributed by atoms with Crippen LogP contribution in [0.3, 0.4) is 0 Å². The van der Waals surface area contributed by atoms with E-state index in [1.54, 1.807) is 0 Å². The van der Waals surface area contributed by atoms with Crippen LogP contribution in [-0.4, -0.2) is 25.2 Å². The van der Waals surface area contributed by atoms with E-state index in [4.69, 9.17) is 0 Å². The highest BCUT2D eigenvalue weighted by molar-refractivity contribution is 4.92. The van der Waals surface area contributed by atoms with E-state index < -0.39 is 0 Å². The number of nitrogens with one attached hydrogen (secondary N) is 2. The Kier molecular flexibility index (Phi) is 6.35. The Morgan fingerprint density at radius 2 is 1.65 bits per heavy atom. The molecule has 0 aromatic rings. The topological polar surface area (TPSA) is 24.1 Å². The summed E-state index contributed by atoms with van der Waals surface area (Å²) in [4.78, 5) is 0. The SMILES string of the molecule is CC(C)C(CNC1CCCCC1C1CCCN1)C(C)C. The summed E-state index contributed by atoms with van der Waals surface area (Å²) < 4.78 is 0. The van der Waals surface area contributed by atoms with E-state index in [9.17, 15) is 0 Å². The van der Waals surface area contributed by atoms with Crippen LogP contribution >= 0.6 is 0 Å². The van der Waals surface area contributed by atoms with Crippen molar-refractivity contribution in [2.75, 3.05) is 13.1 Å². The van der Waals surface area contributed by atoms with Crippen LogP contribution in [-0.2, 0) is 0 Å². The molecule has 0 amide bonds. The van der Waals surface area contributed by atoms with Gasteiger partial charge in [0.25, 0.3) is 0 Å². The Morgan fingerprint density at radius 1 is 0.950 bits per heavy atom. The van der Waals surface area contributed by atoms with E-state index in [0.29, 0.717) is 0 Å². The van der Waals surface area contributed by atoms with Crippen molar-refractivity contribution < 1.29 is 0 Å². The van der Waals surface area contributed by atoms with Crippen LogP contribution in [0.2, 0.25) is 0 Å². The normalized spacial score (nSPS) is 31.6. The lowest BCUT2D eigenvalue weighted by Gasteiger charge is -2.38. The molecule has 1 aliphatic carbocycles. The van der Waals surface area contributed by atoms with Gasteiger partial charge in [-0.15, -0.1) is 0 Å². The predicted octanol–water partition coefficient (Wildman–Crippen LogP) is 3.82. The summed E-state index contributed by atoms with van der Waals surface area (Å²) in [6, 6.07) is 1.56. The van der Waals surface area contributed by atoms with Crippen LogP contribution < -0.4 is 10.6 Å². The van der Waals surface area contributed by atoms with Gasteiger partial charge in [0, 0.05) is 12.1 Å². The molecule has 3 atom stereocenters. The van der Waals surface area contributed by atoms with Gasteiger partial charge in [0.15, 0.2) is 0 Å². The fourth-order valence-electron chi connectivity index (χ4n) is 4.50. The van der Waals surface area contributed by atoms with Crippen molar-refractivity contribution in [1.82, 2.24) is 10.6 Å². The van der Waals surface area contributed by atoms with Crippen molar-refractivity contribution in [2.45, 2.75) is 78.3 Å². The zero-order chi connectivity index (χ0) is 14.5. The van der Waals surface area contributed by atoms with Gasteiger partial charge in [-0.25, -0.2) is 0 Å². The van der Waals surface area contributed by atoms with Crippen LogP contribution in [0.25, 0.3) is 0 Å². The third-order valence-electron chi connectivity index (χ3n) is 5.76. The second-order valence-corrected chi connectivity index (χ2v) is 7.82. The maximum absolute atomic E-state index is 3.97. The Labute approximate surface area is 126 Å². The van der Waals surface area contributed by atoms with Crippen LogP contribution in [0.15, 0.2) is 0 Å². The average Bonchev–Trinajstić information content (AvgIpc) is 2.92. The molecule has 0 bridgehead atoms. The summed E-state index contributed by atoms with van der Waals surface area (Å²) in [5, 5.41) is 7.72. The van der Waals surface area contributed by atoms with Crippen molar-refractivity contribution in [2.24, 2.45) is 23.7 Å². The van der Waals surface area contributed by atoms with Gasteiger partial charge >= 0.3 is 0 Å². The fraction of sp³-hybridized carbons (Fsp3) is 1.00. The Hall–Kier alpha value is -0.0800. The molecule has 118 valence electrons. The lowest BCUT2D eigenvalue weighted by Crippen LogP contribution is -2.48. The molecule has 1 aliphatic heterocycles. The van der Waals surface area contributed by atoms with E-state index in [0.717, 1.165) is 35.8 Å². The number of hydrogen-bond acceptors (Lipinski definition) is 2. The molecule has 2 fully saturated rings. The first-order chi connectivity index (χ1) is 9.59. The minimum absolute atomic E-state index is 0.763. The molecule has 20 heavy (non-hydrogen) atoms. The van der Waals surface area contributed by atoms with Gasteiger partial charge in [0.05, 0.1) is 0 Å². The zero-order valence-corrected chi connectivity index (χ0v) is 14.1. The third kappa shape index (κ3) is 4.21. The molecule has 2 rings (SSSR count). The van der Waals surface area contributed by atoms with Crippen molar-refractivity contribution in [3.63, 3.8) is 0 Å². The molecule has 0 radical (unpaired) electrons. The molecule has 2 N–H and O–H groups in total. The highest BCUT2D eigenvalue weighted by Crippen LogP contribution is 2.31. The van der Waals surface area contributed by atoms with Crippen molar-refractivity contribution in [3.05, 3.63) is 0 Å². The van der Waals surface area contributed by atoms with Gasteiger partial charge in [0.1, 0.15) is 0 Å². The van der Waals surface area contributed by atoms with E-state index in [1.165, 1.54) is 51.6 Å². The Bertz CT molecular complexity index is 261. The van der Waals surface area contributed by atoms with Crippen molar-refractivity contribution in [1.29, 1.82) is 0 Å². The van der Waals surface area contributed by atoms with Crippen LogP contribution in [0.5, 0.6) is 0 Å². The van der Waals surface area contributed by atoms with Crippen LogP contribution in [0.4, 0.5) is 0 Å². The molecule has 0 aromatic heterocycles. The lowest BCUT2D eigenvalue weighted by molar-refractivity contribution is 0.188. The molecule has 3 unspecified atom stereocenters. The standard InChI is InChI=1S/C18H36N2/c1-13(2)16(14(3)4)12-20-18-9-6-5-8-15(18)17-10-7-11-19-17/h13-20H,5-12H2,1-4H3. The second-order valence-electron chi connectivity index (χ2n) is 7.82. The fourth-order valence-corrected chi connectivity index (χ4v) is 4.50. The average molecular weight is 280 g/mol. The minimum atomic E-state index is 0.763. The van der Waals surface area contributed by atoms with E-state index in [2.05, 4.69) is 38.3 Å². The lowest BCUT2D eigenvalue weighted by atomic mass is 9.78. The summed E-state index contributed by atoms with van der Waals surface area (Å²) in [6.07, 6.45) is 8.48. The summed E-state index contributed by atoms with van der Waals surface area (Å²) in [5.74, 6) is 3.27. The molecule has 2 nitrogen and oxygen atoms in total. The summed E-state index contributed by atoms with van der Waals surface area (Å²) in [5.41, 5.74) is 0. The van der Waals surface area contributed by atoms with Gasteiger partial charge in [-0.2, -0.15) is 0 Å². The molecule has 0 aromatic carbocycles. The quantitative estimate of drug-likeness (QED) is 0.773. The summed E-state index contributed by atoms with van der Waals surface area (Å²) in [7, 11) is 0. The first-order valence-electron chi connectivity index (χ1n) is 9.06. The molecule has 1 saturated heterocycles. The van der Waals surface area contributed by atoms with E-state index in [1.807, 2.05) is 0 Å². The van der Waals surface area contributed by atoms with Gasteiger partial charge in [-0.05, 0) is 62.4 Å². The van der Waals surface area contributed by atoms with Gasteiger partial charge in [-0.1, -0.05) is 40.5 Å². The second kappa shape index (κ2) is 7.79. The van der Waals surface area contributed by atoms with Crippen LogP contribution in [0, 0.1) is 23.7 Å². The maximum Gasteiger partial charge on any atom is 0.0111 e. The third-order valence-corrected chi connectivity index (χ3v) is 5.76. The molecule has 2 heteroatoms. The molecule has 1 saturated carbocycles. The van der Waals surface area contributed by atoms with Crippen molar-refractivity contribution in [3.8, 4) is 0 Å². The van der Waals surface area contributed by atoms with E-state index in [-0.39, 0.29) is 0 Å². The summed E-state index contributed by atoms with van der Waals surface area (Å²) >= 11 is 0. The smallest absolute Gasteiger partial charge is 0.0111 e. The Balaban J connectivity index is 1.88. The van der Waals surface area contributed by atoms with Gasteiger partial charge < -0.3 is 10.6 Å². The minimum Gasteiger partial charge on any atom is -0.314 e. The highest BCUT2D eigenvalue weighted by Gasteiger charge is 2.33. The van der Waals surface area contributed by atoms with Gasteiger partial charge in [0.2, 0.25) is 0 Å². The largest absolute Gasteiger partial charge is 0.314 e. The molecule has 2 aliphatic rings. The predicted molar refractivity (Wildman–Crippen MR) is 87.9 cm³/mol. The zero-order valence-electron chi connectivity index (χ0n) is 14.1. The van der Waals surface area contributed by atoms with Gasteiger partial charge in [-0.3, -0.25) is 0 Å². The van der Waals surface area contributed by atoms with Crippen LogP contribution in [0.1, 0.15) is 66.2 Å². The molecule has 0 spiro atoms. The number of hydrogen-bond donors (Lipinski definition) is 2. The Morgan fingerprint density at radius 3 is 2.25 bits per heavy atom. The van der Waals surface area contributed by atoms with E-state index >= 15 is 0 Å². The monoisotopic (exact) mass is 280 g/mol. The molecular weight excluding hydrogens is 244 g/mol. The summed E-state index contributed by atoms with van der Waals surface area (Å²) in [6.45, 7) is 12.0.